The standard InChI is InChI=1S/C16H25NO3/c1-11-6-12(2)16(13(3)7-11)15(19)9-17(4)8-14(18)10-20-5/h6-7,14,18H,8-10H2,1-5H3. The molecule has 1 unspecified atom stereocenters. The van der Waals surface area contributed by atoms with Crippen molar-refractivity contribution in [1.29, 1.82) is 0 Å². The van der Waals surface area contributed by atoms with E-state index in [1.54, 1.807) is 7.11 Å². The highest BCUT2D eigenvalue weighted by atomic mass is 16.5. The second kappa shape index (κ2) is 7.53. The molecule has 20 heavy (non-hydrogen) atoms. The van der Waals surface area contributed by atoms with Gasteiger partial charge >= 0.3 is 0 Å². The molecule has 4 nitrogen and oxygen atoms in total. The molecule has 0 amide bonds. The molecule has 1 aromatic rings. The summed E-state index contributed by atoms with van der Waals surface area (Å²) in [4.78, 5) is 14.2. The number of rotatable bonds is 7. The number of hydrogen-bond acceptors (Lipinski definition) is 4. The summed E-state index contributed by atoms with van der Waals surface area (Å²) in [6.07, 6.45) is -0.571. The molecule has 0 aromatic heterocycles. The summed E-state index contributed by atoms with van der Waals surface area (Å²) in [6.45, 7) is 6.96. The zero-order valence-corrected chi connectivity index (χ0v) is 13.1. The Kier molecular flexibility index (Phi) is 6.33. The third-order valence-electron chi connectivity index (χ3n) is 3.25. The predicted molar refractivity (Wildman–Crippen MR) is 80.4 cm³/mol. The minimum atomic E-state index is -0.571. The van der Waals surface area contributed by atoms with Crippen LogP contribution in [0.4, 0.5) is 0 Å². The fourth-order valence-corrected chi connectivity index (χ4v) is 2.61. The zero-order chi connectivity index (χ0) is 15.3. The van der Waals surface area contributed by atoms with E-state index >= 15 is 0 Å². The highest BCUT2D eigenvalue weighted by Crippen LogP contribution is 2.17. The van der Waals surface area contributed by atoms with E-state index < -0.39 is 6.10 Å². The first-order valence-electron chi connectivity index (χ1n) is 6.81. The summed E-state index contributed by atoms with van der Waals surface area (Å²) in [5.74, 6) is 0.0899. The number of hydrogen-bond donors (Lipinski definition) is 1. The first kappa shape index (κ1) is 16.8. The molecule has 112 valence electrons. The molecule has 0 spiro atoms. The third kappa shape index (κ3) is 4.71. The molecule has 0 fully saturated rings. The summed E-state index contributed by atoms with van der Waals surface area (Å²) in [5.41, 5.74) is 3.99. The Balaban J connectivity index is 2.72. The van der Waals surface area contributed by atoms with Crippen LogP contribution in [0.2, 0.25) is 0 Å². The number of likely N-dealkylation sites (N-methyl/N-ethyl adjacent to an activating group) is 1. The lowest BCUT2D eigenvalue weighted by molar-refractivity contribution is 0.0427. The van der Waals surface area contributed by atoms with Gasteiger partial charge in [0.05, 0.1) is 19.3 Å². The highest BCUT2D eigenvalue weighted by molar-refractivity contribution is 6.00. The van der Waals surface area contributed by atoms with Crippen molar-refractivity contribution in [2.75, 3.05) is 33.9 Å². The van der Waals surface area contributed by atoms with Crippen molar-refractivity contribution in [2.45, 2.75) is 26.9 Å². The fraction of sp³-hybridized carbons (Fsp3) is 0.562. The lowest BCUT2D eigenvalue weighted by Crippen LogP contribution is -2.35. The molecular formula is C16H25NO3. The lowest BCUT2D eigenvalue weighted by Gasteiger charge is -2.20. The van der Waals surface area contributed by atoms with Crippen molar-refractivity contribution in [3.05, 3.63) is 34.4 Å². The van der Waals surface area contributed by atoms with Crippen LogP contribution in [0, 0.1) is 20.8 Å². The molecule has 0 aliphatic heterocycles. The summed E-state index contributed by atoms with van der Waals surface area (Å²) in [7, 11) is 3.38. The second-order valence-electron chi connectivity index (χ2n) is 5.50. The van der Waals surface area contributed by atoms with Crippen molar-refractivity contribution in [1.82, 2.24) is 4.90 Å². The average molecular weight is 279 g/mol. The minimum absolute atomic E-state index is 0.0899. The van der Waals surface area contributed by atoms with Gasteiger partial charge in [0.25, 0.3) is 0 Å². The van der Waals surface area contributed by atoms with E-state index in [2.05, 4.69) is 0 Å². The summed E-state index contributed by atoms with van der Waals surface area (Å²) >= 11 is 0. The number of aliphatic hydroxyl groups excluding tert-OH is 1. The molecular weight excluding hydrogens is 254 g/mol. The van der Waals surface area contributed by atoms with Crippen molar-refractivity contribution < 1.29 is 14.6 Å². The highest BCUT2D eigenvalue weighted by Gasteiger charge is 2.16. The molecule has 1 rings (SSSR count). The van der Waals surface area contributed by atoms with Crippen LogP contribution >= 0.6 is 0 Å². The summed E-state index contributed by atoms with van der Waals surface area (Å²) < 4.78 is 4.88. The SMILES string of the molecule is COCC(O)CN(C)CC(=O)c1c(C)cc(C)cc1C. The van der Waals surface area contributed by atoms with E-state index in [9.17, 15) is 9.90 Å². The monoisotopic (exact) mass is 279 g/mol. The summed E-state index contributed by atoms with van der Waals surface area (Å²) in [5, 5.41) is 9.67. The number of ether oxygens (including phenoxy) is 1. The van der Waals surface area contributed by atoms with Gasteiger partial charge in [-0.15, -0.1) is 0 Å². The maximum atomic E-state index is 12.4. The molecule has 0 aliphatic carbocycles. The van der Waals surface area contributed by atoms with Crippen molar-refractivity contribution in [3.8, 4) is 0 Å². The molecule has 1 aromatic carbocycles. The number of aryl methyl sites for hydroxylation is 3. The van der Waals surface area contributed by atoms with Crippen molar-refractivity contribution in [3.63, 3.8) is 0 Å². The lowest BCUT2D eigenvalue weighted by atomic mass is 9.96. The van der Waals surface area contributed by atoms with Crippen LogP contribution in [-0.2, 0) is 4.74 Å². The number of ketones is 1. The topological polar surface area (TPSA) is 49.8 Å². The van der Waals surface area contributed by atoms with E-state index in [4.69, 9.17) is 4.74 Å². The van der Waals surface area contributed by atoms with Crippen LogP contribution < -0.4 is 0 Å². The fourth-order valence-electron chi connectivity index (χ4n) is 2.61. The molecule has 0 radical (unpaired) electrons. The Hall–Kier alpha value is -1.23. The van der Waals surface area contributed by atoms with Crippen LogP contribution in [-0.4, -0.2) is 55.7 Å². The number of carbonyl (C=O) groups excluding carboxylic acids is 1. The van der Waals surface area contributed by atoms with Crippen molar-refractivity contribution >= 4 is 5.78 Å². The zero-order valence-electron chi connectivity index (χ0n) is 13.1. The van der Waals surface area contributed by atoms with Crippen molar-refractivity contribution in [2.24, 2.45) is 0 Å². The molecule has 4 heteroatoms. The van der Waals surface area contributed by atoms with E-state index in [1.165, 1.54) is 5.56 Å². The number of benzene rings is 1. The first-order valence-corrected chi connectivity index (χ1v) is 6.81. The molecule has 0 aliphatic rings. The van der Waals surface area contributed by atoms with Gasteiger partial charge in [-0.3, -0.25) is 9.69 Å². The number of nitrogens with zero attached hydrogens (tertiary/aromatic N) is 1. The van der Waals surface area contributed by atoms with Crippen LogP contribution in [0.5, 0.6) is 0 Å². The smallest absolute Gasteiger partial charge is 0.177 e. The first-order chi connectivity index (χ1) is 9.35. The molecule has 1 N–H and O–H groups in total. The van der Waals surface area contributed by atoms with Crippen LogP contribution in [0.3, 0.4) is 0 Å². The number of methoxy groups -OCH3 is 1. The third-order valence-corrected chi connectivity index (χ3v) is 3.25. The van der Waals surface area contributed by atoms with E-state index in [-0.39, 0.29) is 12.4 Å². The average Bonchev–Trinajstić information content (AvgIpc) is 2.26. The maximum Gasteiger partial charge on any atom is 0.177 e. The van der Waals surface area contributed by atoms with Gasteiger partial charge in [-0.25, -0.2) is 0 Å². The van der Waals surface area contributed by atoms with E-state index in [0.29, 0.717) is 13.1 Å². The Morgan fingerprint density at radius 3 is 2.35 bits per heavy atom. The van der Waals surface area contributed by atoms with Gasteiger partial charge in [-0.05, 0) is 38.9 Å². The quantitative estimate of drug-likeness (QED) is 0.772. The maximum absolute atomic E-state index is 12.4. The van der Waals surface area contributed by atoms with Gasteiger partial charge in [-0.1, -0.05) is 17.7 Å². The van der Waals surface area contributed by atoms with E-state index in [1.807, 2.05) is 44.9 Å². The van der Waals surface area contributed by atoms with Crippen LogP contribution in [0.15, 0.2) is 12.1 Å². The van der Waals surface area contributed by atoms with Gasteiger partial charge in [0.15, 0.2) is 5.78 Å². The van der Waals surface area contributed by atoms with Gasteiger partial charge in [0, 0.05) is 19.2 Å². The number of carbonyl (C=O) groups is 1. The minimum Gasteiger partial charge on any atom is -0.389 e. The predicted octanol–water partition coefficient (Wildman–Crippen LogP) is 1.73. The Morgan fingerprint density at radius 1 is 1.30 bits per heavy atom. The number of Topliss-reactive ketones (excluding diaryl/α,β-unsaturated/α-hetero) is 1. The normalized spacial score (nSPS) is 12.8. The Morgan fingerprint density at radius 2 is 1.85 bits per heavy atom. The largest absolute Gasteiger partial charge is 0.389 e. The summed E-state index contributed by atoms with van der Waals surface area (Å²) in [6, 6.07) is 4.06. The molecule has 1 atom stereocenters. The van der Waals surface area contributed by atoms with Gasteiger partial charge in [0.2, 0.25) is 0 Å². The molecule has 0 saturated carbocycles. The Labute approximate surface area is 121 Å². The molecule has 0 bridgehead atoms. The Bertz CT molecular complexity index is 448. The van der Waals surface area contributed by atoms with Gasteiger partial charge < -0.3 is 9.84 Å². The molecule has 0 saturated heterocycles. The van der Waals surface area contributed by atoms with Crippen LogP contribution in [0.1, 0.15) is 27.0 Å². The van der Waals surface area contributed by atoms with Gasteiger partial charge in [0.1, 0.15) is 0 Å². The van der Waals surface area contributed by atoms with Gasteiger partial charge in [-0.2, -0.15) is 0 Å². The number of aliphatic hydroxyl groups is 1. The van der Waals surface area contributed by atoms with Crippen LogP contribution in [0.25, 0.3) is 0 Å². The second-order valence-corrected chi connectivity index (χ2v) is 5.50. The van der Waals surface area contributed by atoms with E-state index in [0.717, 1.165) is 16.7 Å². The molecule has 0 heterocycles.